The third kappa shape index (κ3) is 6.17. The van der Waals surface area contributed by atoms with Gasteiger partial charge in [-0.25, -0.2) is 0 Å². The Morgan fingerprint density at radius 2 is 1.89 bits per heavy atom. The van der Waals surface area contributed by atoms with Crippen molar-refractivity contribution in [3.63, 3.8) is 0 Å². The van der Waals surface area contributed by atoms with Gasteiger partial charge in [0.15, 0.2) is 0 Å². The van der Waals surface area contributed by atoms with Crippen LogP contribution in [-0.4, -0.2) is 30.5 Å². The molecule has 1 rings (SSSR count). The highest BCUT2D eigenvalue weighted by molar-refractivity contribution is 4.81. The number of nitrogens with two attached hydrogens (primary N) is 1. The van der Waals surface area contributed by atoms with Crippen molar-refractivity contribution in [1.29, 1.82) is 0 Å². The van der Waals surface area contributed by atoms with E-state index in [0.29, 0.717) is 0 Å². The van der Waals surface area contributed by atoms with Gasteiger partial charge in [-0.2, -0.15) is 0 Å². The van der Waals surface area contributed by atoms with Crippen LogP contribution in [0.15, 0.2) is 0 Å². The van der Waals surface area contributed by atoms with Crippen molar-refractivity contribution in [3.05, 3.63) is 0 Å². The van der Waals surface area contributed by atoms with Gasteiger partial charge in [-0.05, 0) is 38.0 Å². The Kier molecular flexibility index (Phi) is 7.87. The summed E-state index contributed by atoms with van der Waals surface area (Å²) in [4.78, 5) is 0. The van der Waals surface area contributed by atoms with Crippen LogP contribution in [0.25, 0.3) is 0 Å². The Balaban J connectivity index is 2.04. The predicted octanol–water partition coefficient (Wildman–Crippen LogP) is 2.85. The van der Waals surface area contributed by atoms with Gasteiger partial charge in [0.1, 0.15) is 0 Å². The van der Waals surface area contributed by atoms with Crippen LogP contribution in [0.5, 0.6) is 0 Å². The van der Waals surface area contributed by atoms with E-state index in [2.05, 4.69) is 0 Å². The molecular formula is C15H31NO2. The van der Waals surface area contributed by atoms with E-state index in [9.17, 15) is 5.11 Å². The smallest absolute Gasteiger partial charge is 0.0611 e. The number of ether oxygens (including phenoxy) is 1. The molecule has 1 atom stereocenters. The van der Waals surface area contributed by atoms with E-state index >= 15 is 0 Å². The van der Waals surface area contributed by atoms with Gasteiger partial charge < -0.3 is 15.6 Å². The number of aliphatic hydroxyl groups is 1. The lowest BCUT2D eigenvalue weighted by Gasteiger charge is -2.25. The first-order valence-electron chi connectivity index (χ1n) is 7.67. The monoisotopic (exact) mass is 257 g/mol. The van der Waals surface area contributed by atoms with E-state index in [0.717, 1.165) is 38.4 Å². The number of rotatable bonds is 8. The quantitative estimate of drug-likeness (QED) is 0.519. The van der Waals surface area contributed by atoms with Crippen LogP contribution < -0.4 is 5.73 Å². The lowest BCUT2D eigenvalue weighted by Crippen LogP contribution is -2.43. The number of hydrogen-bond acceptors (Lipinski definition) is 3. The first kappa shape index (κ1) is 15.9. The van der Waals surface area contributed by atoms with E-state index < -0.39 is 5.54 Å². The Labute approximate surface area is 112 Å². The maximum Gasteiger partial charge on any atom is 0.0611 e. The molecule has 0 aromatic carbocycles. The van der Waals surface area contributed by atoms with Crippen LogP contribution in [0.1, 0.15) is 64.7 Å². The standard InChI is InChI=1S/C15H31NO2/c1-2-15(16,13-17)10-7-11-18-12-14-8-5-3-4-6-9-14/h14,17H,2-13,16H2,1H3. The molecule has 0 aromatic heterocycles. The van der Waals surface area contributed by atoms with E-state index in [1.54, 1.807) is 0 Å². The van der Waals surface area contributed by atoms with E-state index in [1.807, 2.05) is 6.92 Å². The zero-order chi connectivity index (χ0) is 13.3. The summed E-state index contributed by atoms with van der Waals surface area (Å²) >= 11 is 0. The van der Waals surface area contributed by atoms with Crippen molar-refractivity contribution in [1.82, 2.24) is 0 Å². The van der Waals surface area contributed by atoms with Crippen LogP contribution in [0, 0.1) is 5.92 Å². The molecule has 3 nitrogen and oxygen atoms in total. The van der Waals surface area contributed by atoms with Crippen LogP contribution >= 0.6 is 0 Å². The molecule has 0 bridgehead atoms. The van der Waals surface area contributed by atoms with Crippen LogP contribution in [0.2, 0.25) is 0 Å². The van der Waals surface area contributed by atoms with Crippen LogP contribution in [0.4, 0.5) is 0 Å². The van der Waals surface area contributed by atoms with Gasteiger partial charge in [-0.1, -0.05) is 32.6 Å². The van der Waals surface area contributed by atoms with Gasteiger partial charge in [0, 0.05) is 18.8 Å². The van der Waals surface area contributed by atoms with Crippen molar-refractivity contribution < 1.29 is 9.84 Å². The summed E-state index contributed by atoms with van der Waals surface area (Å²) in [5, 5.41) is 9.21. The average molecular weight is 257 g/mol. The van der Waals surface area contributed by atoms with Gasteiger partial charge in [-0.3, -0.25) is 0 Å². The lowest BCUT2D eigenvalue weighted by atomic mass is 9.93. The summed E-state index contributed by atoms with van der Waals surface area (Å²) in [6.45, 7) is 3.81. The average Bonchev–Trinajstić information content (AvgIpc) is 2.67. The van der Waals surface area contributed by atoms with E-state index in [-0.39, 0.29) is 6.61 Å². The molecule has 1 saturated carbocycles. The number of aliphatic hydroxyl groups excluding tert-OH is 1. The van der Waals surface area contributed by atoms with Gasteiger partial charge in [0.05, 0.1) is 6.61 Å². The Bertz CT molecular complexity index is 197. The predicted molar refractivity (Wildman–Crippen MR) is 75.5 cm³/mol. The fraction of sp³-hybridized carbons (Fsp3) is 1.00. The molecule has 0 aromatic rings. The van der Waals surface area contributed by atoms with E-state index in [1.165, 1.54) is 38.5 Å². The minimum absolute atomic E-state index is 0.0755. The second kappa shape index (κ2) is 8.89. The minimum Gasteiger partial charge on any atom is -0.394 e. The maximum atomic E-state index is 9.21. The molecule has 0 amide bonds. The highest BCUT2D eigenvalue weighted by Crippen LogP contribution is 2.23. The first-order valence-corrected chi connectivity index (χ1v) is 7.67. The third-order valence-corrected chi connectivity index (χ3v) is 4.31. The second-order valence-corrected chi connectivity index (χ2v) is 5.91. The fourth-order valence-electron chi connectivity index (χ4n) is 2.67. The molecule has 108 valence electrons. The number of hydrogen-bond donors (Lipinski definition) is 2. The molecule has 0 spiro atoms. The van der Waals surface area contributed by atoms with Crippen molar-refractivity contribution in [3.8, 4) is 0 Å². The zero-order valence-corrected chi connectivity index (χ0v) is 12.0. The summed E-state index contributed by atoms with van der Waals surface area (Å²) in [5.41, 5.74) is 5.64. The van der Waals surface area contributed by atoms with Crippen LogP contribution in [-0.2, 0) is 4.74 Å². The lowest BCUT2D eigenvalue weighted by molar-refractivity contribution is 0.0827. The normalized spacial score (nSPS) is 21.5. The van der Waals surface area contributed by atoms with Crippen molar-refractivity contribution in [2.24, 2.45) is 11.7 Å². The topological polar surface area (TPSA) is 55.5 Å². The summed E-state index contributed by atoms with van der Waals surface area (Å²) in [6.07, 6.45) is 10.9. The van der Waals surface area contributed by atoms with Crippen molar-refractivity contribution >= 4 is 0 Å². The SMILES string of the molecule is CCC(N)(CO)CCCOCC1CCCCCC1. The molecule has 0 saturated heterocycles. The Morgan fingerprint density at radius 3 is 2.44 bits per heavy atom. The molecule has 1 unspecified atom stereocenters. The summed E-state index contributed by atoms with van der Waals surface area (Å²) in [7, 11) is 0. The van der Waals surface area contributed by atoms with Crippen LogP contribution in [0.3, 0.4) is 0 Å². The van der Waals surface area contributed by atoms with Gasteiger partial charge >= 0.3 is 0 Å². The Morgan fingerprint density at radius 1 is 1.22 bits per heavy atom. The largest absolute Gasteiger partial charge is 0.394 e. The second-order valence-electron chi connectivity index (χ2n) is 5.91. The first-order chi connectivity index (χ1) is 8.70. The molecule has 1 fully saturated rings. The maximum absolute atomic E-state index is 9.21. The van der Waals surface area contributed by atoms with Gasteiger partial charge in [-0.15, -0.1) is 0 Å². The van der Waals surface area contributed by atoms with Gasteiger partial charge in [0.25, 0.3) is 0 Å². The third-order valence-electron chi connectivity index (χ3n) is 4.31. The molecule has 1 aliphatic rings. The van der Waals surface area contributed by atoms with Crippen molar-refractivity contribution in [2.75, 3.05) is 19.8 Å². The minimum atomic E-state index is -0.397. The Hall–Kier alpha value is -0.120. The molecule has 0 heterocycles. The molecule has 0 aliphatic heterocycles. The zero-order valence-electron chi connectivity index (χ0n) is 12.0. The highest BCUT2D eigenvalue weighted by Gasteiger charge is 2.20. The molecular weight excluding hydrogens is 226 g/mol. The summed E-state index contributed by atoms with van der Waals surface area (Å²) in [5.74, 6) is 0.777. The van der Waals surface area contributed by atoms with E-state index in [4.69, 9.17) is 10.5 Å². The molecule has 3 heteroatoms. The molecule has 0 radical (unpaired) electrons. The molecule has 18 heavy (non-hydrogen) atoms. The highest BCUT2D eigenvalue weighted by atomic mass is 16.5. The fourth-order valence-corrected chi connectivity index (χ4v) is 2.67. The summed E-state index contributed by atoms with van der Waals surface area (Å²) < 4.78 is 5.78. The molecule has 3 N–H and O–H groups in total. The summed E-state index contributed by atoms with van der Waals surface area (Å²) in [6, 6.07) is 0. The molecule has 1 aliphatic carbocycles. The van der Waals surface area contributed by atoms with Crippen molar-refractivity contribution in [2.45, 2.75) is 70.3 Å². The van der Waals surface area contributed by atoms with Gasteiger partial charge in [0.2, 0.25) is 0 Å².